The lowest BCUT2D eigenvalue weighted by molar-refractivity contribution is -0.139. The van der Waals surface area contributed by atoms with Gasteiger partial charge >= 0.3 is 5.97 Å². The molecule has 0 bridgehead atoms. The van der Waals surface area contributed by atoms with Gasteiger partial charge in [-0.2, -0.15) is 5.26 Å². The van der Waals surface area contributed by atoms with Gasteiger partial charge in [-0.25, -0.2) is 4.79 Å². The Hall–Kier alpha value is -2.84. The van der Waals surface area contributed by atoms with Gasteiger partial charge in [0.15, 0.2) is 0 Å². The van der Waals surface area contributed by atoms with Crippen molar-refractivity contribution in [2.75, 3.05) is 20.3 Å². The lowest BCUT2D eigenvalue weighted by atomic mass is 10.1. The molecule has 5 nitrogen and oxygen atoms in total. The van der Waals surface area contributed by atoms with Crippen LogP contribution in [0.15, 0.2) is 29.8 Å². The van der Waals surface area contributed by atoms with Crippen molar-refractivity contribution in [3.05, 3.63) is 57.9 Å². The summed E-state index contributed by atoms with van der Waals surface area (Å²) in [5.74, 6) is -0.635. The normalized spacial score (nSPS) is 11.3. The first-order chi connectivity index (χ1) is 12.9. The lowest BCUT2D eigenvalue weighted by Gasteiger charge is -2.17. The lowest BCUT2D eigenvalue weighted by Crippen LogP contribution is -2.11. The average Bonchev–Trinajstić information content (AvgIpc) is 2.92. The minimum atomic E-state index is -0.635. The van der Waals surface area contributed by atoms with E-state index in [2.05, 4.69) is 36.6 Å². The molecule has 0 atom stereocenters. The van der Waals surface area contributed by atoms with Crippen molar-refractivity contribution >= 4 is 12.0 Å². The summed E-state index contributed by atoms with van der Waals surface area (Å²) in [5.41, 5.74) is 6.44. The Labute approximate surface area is 160 Å². The molecule has 0 fully saturated rings. The van der Waals surface area contributed by atoms with Gasteiger partial charge in [0.25, 0.3) is 0 Å². The summed E-state index contributed by atoms with van der Waals surface area (Å²) < 4.78 is 12.1. The first kappa shape index (κ1) is 20.5. The molecule has 142 valence electrons. The minimum absolute atomic E-state index is 0.0214. The van der Waals surface area contributed by atoms with Crippen LogP contribution >= 0.6 is 0 Å². The third-order valence-corrected chi connectivity index (χ3v) is 4.56. The first-order valence-corrected chi connectivity index (χ1v) is 9.00. The second kappa shape index (κ2) is 9.20. The van der Waals surface area contributed by atoms with Gasteiger partial charge in [0.1, 0.15) is 18.2 Å². The Morgan fingerprint density at radius 1 is 1.26 bits per heavy atom. The minimum Gasteiger partial charge on any atom is -0.459 e. The fourth-order valence-corrected chi connectivity index (χ4v) is 3.19. The van der Waals surface area contributed by atoms with E-state index in [1.807, 2.05) is 26.0 Å². The number of aromatic nitrogens is 1. The molecular formula is C22H26N2O3. The monoisotopic (exact) mass is 366 g/mol. The van der Waals surface area contributed by atoms with Crippen molar-refractivity contribution in [2.45, 2.75) is 34.1 Å². The molecular weight excluding hydrogens is 340 g/mol. The van der Waals surface area contributed by atoms with E-state index in [0.717, 1.165) is 29.1 Å². The van der Waals surface area contributed by atoms with Crippen molar-refractivity contribution in [3.8, 4) is 11.8 Å². The van der Waals surface area contributed by atoms with E-state index in [1.165, 1.54) is 18.2 Å². The van der Waals surface area contributed by atoms with E-state index in [0.29, 0.717) is 6.61 Å². The number of methoxy groups -OCH3 is 1. The van der Waals surface area contributed by atoms with E-state index < -0.39 is 5.97 Å². The zero-order valence-electron chi connectivity index (χ0n) is 16.6. The van der Waals surface area contributed by atoms with Crippen LogP contribution < -0.4 is 0 Å². The van der Waals surface area contributed by atoms with Crippen molar-refractivity contribution in [1.29, 1.82) is 5.26 Å². The van der Waals surface area contributed by atoms with Crippen molar-refractivity contribution in [3.63, 3.8) is 0 Å². The zero-order valence-corrected chi connectivity index (χ0v) is 16.6. The summed E-state index contributed by atoms with van der Waals surface area (Å²) in [5, 5.41) is 9.37. The molecule has 0 unspecified atom stereocenters. The molecule has 1 aromatic carbocycles. The molecule has 0 amide bonds. The largest absolute Gasteiger partial charge is 0.459 e. The van der Waals surface area contributed by atoms with Crippen LogP contribution in [0.25, 0.3) is 11.8 Å². The van der Waals surface area contributed by atoms with Crippen LogP contribution in [0.1, 0.15) is 35.0 Å². The molecule has 0 aliphatic heterocycles. The number of hydrogen-bond donors (Lipinski definition) is 0. The van der Waals surface area contributed by atoms with Crippen molar-refractivity contribution < 1.29 is 14.3 Å². The number of hydrogen-bond acceptors (Lipinski definition) is 4. The highest BCUT2D eigenvalue weighted by Gasteiger charge is 2.16. The number of rotatable bonds is 7. The molecule has 0 spiro atoms. The maximum absolute atomic E-state index is 12.1. The summed E-state index contributed by atoms with van der Waals surface area (Å²) in [7, 11) is 1.53. The summed E-state index contributed by atoms with van der Waals surface area (Å²) in [6.07, 6.45) is 2.52. The van der Waals surface area contributed by atoms with Gasteiger partial charge in [-0.3, -0.25) is 0 Å². The quantitative estimate of drug-likeness (QED) is 0.321. The maximum Gasteiger partial charge on any atom is 0.348 e. The number of nitriles is 1. The van der Waals surface area contributed by atoms with Crippen molar-refractivity contribution in [2.24, 2.45) is 0 Å². The highest BCUT2D eigenvalue weighted by Crippen LogP contribution is 2.28. The third-order valence-electron chi connectivity index (χ3n) is 4.56. The summed E-state index contributed by atoms with van der Waals surface area (Å²) in [4.78, 5) is 12.1. The number of para-hydroxylation sites is 1. The van der Waals surface area contributed by atoms with E-state index in [1.54, 1.807) is 6.08 Å². The topological polar surface area (TPSA) is 64.2 Å². The van der Waals surface area contributed by atoms with Crippen LogP contribution in [0, 0.1) is 32.1 Å². The van der Waals surface area contributed by atoms with E-state index >= 15 is 0 Å². The van der Waals surface area contributed by atoms with Crippen LogP contribution in [-0.4, -0.2) is 30.9 Å². The van der Waals surface area contributed by atoms with Gasteiger partial charge in [-0.1, -0.05) is 25.1 Å². The predicted octanol–water partition coefficient (Wildman–Crippen LogP) is 4.06. The molecule has 0 saturated carbocycles. The fraction of sp³-hybridized carbons (Fsp3) is 0.364. The molecule has 0 N–H and O–H groups in total. The Balaban J connectivity index is 2.47. The number of carbonyl (C=O) groups excluding carboxylic acids is 1. The van der Waals surface area contributed by atoms with E-state index in [4.69, 9.17) is 9.47 Å². The summed E-state index contributed by atoms with van der Waals surface area (Å²) >= 11 is 0. The number of benzene rings is 1. The number of carbonyl (C=O) groups is 1. The predicted molar refractivity (Wildman–Crippen MR) is 106 cm³/mol. The molecule has 0 saturated heterocycles. The number of esters is 1. The molecule has 2 rings (SSSR count). The SMILES string of the molecule is CCc1cccc(C)c1-n1c(C)cc(/C=C(\C#N)C(=O)OCCOC)c1C. The van der Waals surface area contributed by atoms with E-state index in [-0.39, 0.29) is 12.2 Å². The fourth-order valence-electron chi connectivity index (χ4n) is 3.19. The molecule has 0 aliphatic carbocycles. The van der Waals surface area contributed by atoms with Crippen LogP contribution in [0.5, 0.6) is 0 Å². The van der Waals surface area contributed by atoms with Gasteiger partial charge in [-0.15, -0.1) is 0 Å². The molecule has 2 aromatic rings. The first-order valence-electron chi connectivity index (χ1n) is 9.00. The molecule has 27 heavy (non-hydrogen) atoms. The Morgan fingerprint density at radius 3 is 2.63 bits per heavy atom. The molecule has 1 aromatic heterocycles. The van der Waals surface area contributed by atoms with Gasteiger partial charge in [0.05, 0.1) is 12.3 Å². The van der Waals surface area contributed by atoms with Gasteiger partial charge < -0.3 is 14.0 Å². The van der Waals surface area contributed by atoms with Crippen molar-refractivity contribution in [1.82, 2.24) is 4.57 Å². The molecule has 1 heterocycles. The Bertz CT molecular complexity index is 901. The van der Waals surface area contributed by atoms with E-state index in [9.17, 15) is 10.1 Å². The van der Waals surface area contributed by atoms with Gasteiger partial charge in [-0.05, 0) is 56.0 Å². The average molecular weight is 366 g/mol. The zero-order chi connectivity index (χ0) is 20.0. The molecule has 0 radical (unpaired) electrons. The Morgan fingerprint density at radius 2 is 2.00 bits per heavy atom. The third kappa shape index (κ3) is 4.47. The second-order valence-electron chi connectivity index (χ2n) is 6.40. The van der Waals surface area contributed by atoms with Crippen LogP contribution in [-0.2, 0) is 20.7 Å². The van der Waals surface area contributed by atoms with Crippen LogP contribution in [0.2, 0.25) is 0 Å². The maximum atomic E-state index is 12.1. The number of aryl methyl sites for hydroxylation is 3. The highest BCUT2D eigenvalue weighted by molar-refractivity contribution is 5.98. The van der Waals surface area contributed by atoms with Crippen LogP contribution in [0.4, 0.5) is 0 Å². The number of nitrogens with zero attached hydrogens (tertiary/aromatic N) is 2. The summed E-state index contributed by atoms with van der Waals surface area (Å²) in [6, 6.07) is 10.2. The standard InChI is InChI=1S/C22H26N2O3/c1-6-18-9-7-8-15(2)21(18)24-16(3)12-19(17(24)4)13-20(14-23)22(25)27-11-10-26-5/h7-9,12-13H,6,10-11H2,1-5H3/b20-13+. The Kier molecular flexibility index (Phi) is 6.98. The van der Waals surface area contributed by atoms with Crippen LogP contribution in [0.3, 0.4) is 0 Å². The van der Waals surface area contributed by atoms with Gasteiger partial charge in [0, 0.05) is 18.5 Å². The summed E-state index contributed by atoms with van der Waals surface area (Å²) in [6.45, 7) is 8.67. The van der Waals surface area contributed by atoms with Gasteiger partial charge in [0.2, 0.25) is 0 Å². The smallest absolute Gasteiger partial charge is 0.348 e. The highest BCUT2D eigenvalue weighted by atomic mass is 16.6. The second-order valence-corrected chi connectivity index (χ2v) is 6.40. The number of ether oxygens (including phenoxy) is 2. The molecule has 0 aliphatic rings. The molecule has 5 heteroatoms.